The fraction of sp³-hybridized carbons (Fsp3) is 0.200. The first-order valence-corrected chi connectivity index (χ1v) is 5.10. The minimum Gasteiger partial charge on any atom is -0.379 e. The first-order valence-electron chi connectivity index (χ1n) is 5.10. The van der Waals surface area contributed by atoms with E-state index in [4.69, 9.17) is 0 Å². The second-order valence-corrected chi connectivity index (χ2v) is 3.44. The first kappa shape index (κ1) is 12.0. The van der Waals surface area contributed by atoms with Crippen LogP contribution in [0.25, 0.3) is 0 Å². The molecule has 0 radical (unpaired) electrons. The Labute approximate surface area is 101 Å². The minimum atomic E-state index is -0.573. The fourth-order valence-corrected chi connectivity index (χ4v) is 1.42. The highest BCUT2D eigenvalue weighted by molar-refractivity contribution is 5.61. The molecule has 0 saturated carbocycles. The van der Waals surface area contributed by atoms with Crippen LogP contribution in [0.4, 0.5) is 15.8 Å². The number of aromatic nitrogens is 2. The highest BCUT2D eigenvalue weighted by Crippen LogP contribution is 2.24. The summed E-state index contributed by atoms with van der Waals surface area (Å²) in [6.45, 7) is 0.337. The van der Waals surface area contributed by atoms with Crippen molar-refractivity contribution in [3.05, 3.63) is 46.3 Å². The van der Waals surface area contributed by atoms with Gasteiger partial charge in [0.05, 0.1) is 4.92 Å². The molecule has 0 spiro atoms. The topological polar surface area (TPSA) is 94.1 Å². The van der Waals surface area contributed by atoms with E-state index in [0.29, 0.717) is 18.8 Å². The van der Waals surface area contributed by atoms with E-state index in [1.54, 1.807) is 0 Å². The normalized spacial score (nSPS) is 10.3. The zero-order valence-corrected chi connectivity index (χ0v) is 9.17. The molecule has 0 atom stereocenters. The largest absolute Gasteiger partial charge is 0.379 e. The summed E-state index contributed by atoms with van der Waals surface area (Å²) in [6, 6.07) is 3.24. The van der Waals surface area contributed by atoms with Crippen LogP contribution in [0, 0.1) is 15.9 Å². The van der Waals surface area contributed by atoms with Gasteiger partial charge in [-0.2, -0.15) is 4.98 Å². The summed E-state index contributed by atoms with van der Waals surface area (Å²) in [4.78, 5) is 14.0. The number of nitrogens with one attached hydrogen (secondary N) is 1. The van der Waals surface area contributed by atoms with Gasteiger partial charge in [0.25, 0.3) is 5.69 Å². The van der Waals surface area contributed by atoms with Gasteiger partial charge in [0.2, 0.25) is 6.39 Å². The molecule has 0 amide bonds. The number of hydrogen-bond acceptors (Lipinski definition) is 6. The minimum absolute atomic E-state index is 0.128. The maximum Gasteiger partial charge on any atom is 0.292 e. The third-order valence-corrected chi connectivity index (χ3v) is 2.23. The molecule has 0 aliphatic rings. The van der Waals surface area contributed by atoms with Crippen molar-refractivity contribution < 1.29 is 13.8 Å². The van der Waals surface area contributed by atoms with Gasteiger partial charge in [-0.1, -0.05) is 5.16 Å². The summed E-state index contributed by atoms with van der Waals surface area (Å²) in [5, 5.41) is 17.1. The molecule has 0 unspecified atom stereocenters. The molecule has 1 aromatic heterocycles. The SMILES string of the molecule is O=[N+]([O-])c1ccc(F)cc1NCCc1ncon1. The van der Waals surface area contributed by atoms with Crippen LogP contribution in [0.1, 0.15) is 5.82 Å². The highest BCUT2D eigenvalue weighted by atomic mass is 19.1. The number of hydrogen-bond donors (Lipinski definition) is 1. The average Bonchev–Trinajstić information content (AvgIpc) is 2.82. The van der Waals surface area contributed by atoms with Crippen LogP contribution in [-0.2, 0) is 6.42 Å². The van der Waals surface area contributed by atoms with Crippen molar-refractivity contribution >= 4 is 11.4 Å². The number of nitrogens with zero attached hydrogens (tertiary/aromatic N) is 3. The van der Waals surface area contributed by atoms with Crippen LogP contribution in [0.5, 0.6) is 0 Å². The molecule has 18 heavy (non-hydrogen) atoms. The third kappa shape index (κ3) is 2.78. The highest BCUT2D eigenvalue weighted by Gasteiger charge is 2.14. The lowest BCUT2D eigenvalue weighted by Crippen LogP contribution is -2.08. The lowest BCUT2D eigenvalue weighted by molar-refractivity contribution is -0.384. The van der Waals surface area contributed by atoms with Crippen LogP contribution >= 0.6 is 0 Å². The van der Waals surface area contributed by atoms with E-state index in [2.05, 4.69) is 20.0 Å². The number of halogens is 1. The number of anilines is 1. The second-order valence-electron chi connectivity index (χ2n) is 3.44. The van der Waals surface area contributed by atoms with Crippen molar-refractivity contribution in [3.8, 4) is 0 Å². The molecule has 2 aromatic rings. The summed E-state index contributed by atoms with van der Waals surface area (Å²) in [5.74, 6) is -0.0655. The predicted octanol–water partition coefficient (Wildman–Crippen LogP) is 1.77. The van der Waals surface area contributed by atoms with Gasteiger partial charge in [-0.25, -0.2) is 4.39 Å². The summed E-state index contributed by atoms with van der Waals surface area (Å²) in [6.07, 6.45) is 1.62. The van der Waals surface area contributed by atoms with E-state index in [1.165, 1.54) is 6.39 Å². The van der Waals surface area contributed by atoms with Gasteiger partial charge in [0.15, 0.2) is 5.82 Å². The molecule has 94 valence electrons. The van der Waals surface area contributed by atoms with E-state index in [-0.39, 0.29) is 11.4 Å². The van der Waals surface area contributed by atoms with E-state index < -0.39 is 10.7 Å². The molecule has 1 heterocycles. The number of benzene rings is 1. The lowest BCUT2D eigenvalue weighted by Gasteiger charge is -2.05. The molecule has 2 rings (SSSR count). The first-order chi connectivity index (χ1) is 8.66. The predicted molar refractivity (Wildman–Crippen MR) is 59.5 cm³/mol. The van der Waals surface area contributed by atoms with Crippen molar-refractivity contribution in [2.24, 2.45) is 0 Å². The maximum atomic E-state index is 13.0. The summed E-state index contributed by atoms with van der Waals surface area (Å²) >= 11 is 0. The van der Waals surface area contributed by atoms with E-state index in [9.17, 15) is 14.5 Å². The number of nitro groups is 1. The third-order valence-electron chi connectivity index (χ3n) is 2.23. The van der Waals surface area contributed by atoms with E-state index >= 15 is 0 Å². The monoisotopic (exact) mass is 252 g/mol. The molecule has 0 saturated heterocycles. The molecule has 0 bridgehead atoms. The van der Waals surface area contributed by atoms with Crippen molar-refractivity contribution in [3.63, 3.8) is 0 Å². The van der Waals surface area contributed by atoms with Gasteiger partial charge in [-0.05, 0) is 6.07 Å². The zero-order valence-electron chi connectivity index (χ0n) is 9.17. The van der Waals surface area contributed by atoms with Gasteiger partial charge in [0, 0.05) is 25.1 Å². The molecule has 0 aliphatic heterocycles. The van der Waals surface area contributed by atoms with E-state index in [1.807, 2.05) is 0 Å². The van der Waals surface area contributed by atoms with Gasteiger partial charge < -0.3 is 9.84 Å². The quantitative estimate of drug-likeness (QED) is 0.643. The Kier molecular flexibility index (Phi) is 3.46. The number of nitro benzene ring substituents is 1. The summed E-state index contributed by atoms with van der Waals surface area (Å²) in [7, 11) is 0. The molecule has 1 N–H and O–H groups in total. The summed E-state index contributed by atoms with van der Waals surface area (Å²) in [5.41, 5.74) is -0.0481. The average molecular weight is 252 g/mol. The molecule has 8 heteroatoms. The van der Waals surface area contributed by atoms with Crippen molar-refractivity contribution in [1.29, 1.82) is 0 Å². The maximum absolute atomic E-state index is 13.0. The van der Waals surface area contributed by atoms with Crippen molar-refractivity contribution in [2.45, 2.75) is 6.42 Å². The van der Waals surface area contributed by atoms with Crippen LogP contribution in [0.2, 0.25) is 0 Å². The van der Waals surface area contributed by atoms with Gasteiger partial charge in [0.1, 0.15) is 11.5 Å². The smallest absolute Gasteiger partial charge is 0.292 e. The fourth-order valence-electron chi connectivity index (χ4n) is 1.42. The van der Waals surface area contributed by atoms with Crippen LogP contribution in [0.3, 0.4) is 0 Å². The Bertz CT molecular complexity index is 544. The lowest BCUT2D eigenvalue weighted by atomic mass is 10.2. The molecular formula is C10H9FN4O3. The number of rotatable bonds is 5. The Morgan fingerprint density at radius 3 is 3.00 bits per heavy atom. The molecule has 1 aromatic carbocycles. The van der Waals surface area contributed by atoms with Crippen LogP contribution in [-0.4, -0.2) is 21.6 Å². The Morgan fingerprint density at radius 2 is 2.33 bits per heavy atom. The van der Waals surface area contributed by atoms with Gasteiger partial charge in [-0.3, -0.25) is 10.1 Å². The Hall–Kier alpha value is -2.51. The second kappa shape index (κ2) is 5.21. The van der Waals surface area contributed by atoms with E-state index in [0.717, 1.165) is 18.2 Å². The Morgan fingerprint density at radius 1 is 1.50 bits per heavy atom. The molecule has 0 aliphatic carbocycles. The summed E-state index contributed by atoms with van der Waals surface area (Å²) < 4.78 is 17.6. The molecule has 7 nitrogen and oxygen atoms in total. The molecular weight excluding hydrogens is 243 g/mol. The van der Waals surface area contributed by atoms with Crippen molar-refractivity contribution in [2.75, 3.05) is 11.9 Å². The van der Waals surface area contributed by atoms with Gasteiger partial charge >= 0.3 is 0 Å². The van der Waals surface area contributed by atoms with Crippen LogP contribution < -0.4 is 5.32 Å². The Balaban J connectivity index is 2.03. The zero-order chi connectivity index (χ0) is 13.0. The standard InChI is InChI=1S/C10H9FN4O3/c11-7-1-2-9(15(16)17)8(5-7)12-4-3-10-13-6-18-14-10/h1-2,5-6,12H,3-4H2. The van der Waals surface area contributed by atoms with Crippen molar-refractivity contribution in [1.82, 2.24) is 10.1 Å². The van der Waals surface area contributed by atoms with Gasteiger partial charge in [-0.15, -0.1) is 0 Å². The molecule has 0 fully saturated rings. The van der Waals surface area contributed by atoms with Crippen LogP contribution in [0.15, 0.2) is 29.1 Å².